The second kappa shape index (κ2) is 6.76. The molecule has 1 fully saturated rings. The topological polar surface area (TPSA) is 67.6 Å². The van der Waals surface area contributed by atoms with Crippen molar-refractivity contribution in [2.45, 2.75) is 38.8 Å². The molecule has 1 aromatic rings. The Balaban J connectivity index is 2.35. The molecule has 1 aliphatic heterocycles. The first-order valence-corrected chi connectivity index (χ1v) is 7.39. The Bertz CT molecular complexity index is 505. The van der Waals surface area contributed by atoms with Crippen molar-refractivity contribution in [3.05, 3.63) is 28.3 Å². The lowest BCUT2D eigenvalue weighted by atomic mass is 10.0. The molecule has 21 heavy (non-hydrogen) atoms. The van der Waals surface area contributed by atoms with Gasteiger partial charge < -0.3 is 15.0 Å². The number of ether oxygens (including phenoxy) is 1. The quantitative estimate of drug-likeness (QED) is 0.667. The van der Waals surface area contributed by atoms with Crippen molar-refractivity contribution in [3.8, 4) is 5.75 Å². The van der Waals surface area contributed by atoms with E-state index in [1.165, 1.54) is 0 Å². The van der Waals surface area contributed by atoms with E-state index in [4.69, 9.17) is 4.74 Å². The number of para-hydroxylation sites is 1. The maximum absolute atomic E-state index is 11.5. The van der Waals surface area contributed by atoms with Gasteiger partial charge in [-0.15, -0.1) is 0 Å². The molecule has 0 radical (unpaired) electrons. The maximum Gasteiger partial charge on any atom is 0.333 e. The van der Waals surface area contributed by atoms with Crippen molar-refractivity contribution in [2.24, 2.45) is 0 Å². The highest BCUT2D eigenvalue weighted by atomic mass is 16.6. The summed E-state index contributed by atoms with van der Waals surface area (Å²) in [5.41, 5.74) is 0.723. The molecule has 2 rings (SSSR count). The fourth-order valence-corrected chi connectivity index (χ4v) is 2.73. The molecule has 6 heteroatoms. The van der Waals surface area contributed by atoms with Crippen molar-refractivity contribution in [3.63, 3.8) is 0 Å². The van der Waals surface area contributed by atoms with E-state index in [9.17, 15) is 10.1 Å². The molecule has 1 heterocycles. The zero-order valence-corrected chi connectivity index (χ0v) is 12.8. The van der Waals surface area contributed by atoms with Crippen LogP contribution in [-0.4, -0.2) is 37.2 Å². The second-order valence-electron chi connectivity index (χ2n) is 5.62. The number of likely N-dealkylation sites (N-methyl/N-ethyl adjacent to an activating group) is 1. The minimum atomic E-state index is -0.337. The molecule has 6 nitrogen and oxygen atoms in total. The average Bonchev–Trinajstić information content (AvgIpc) is 2.46. The summed E-state index contributed by atoms with van der Waals surface area (Å²) in [6.07, 6.45) is 2.03. The lowest BCUT2D eigenvalue weighted by Gasteiger charge is -2.34. The highest BCUT2D eigenvalue weighted by Crippen LogP contribution is 2.38. The standard InChI is InChI=1S/C15H23N3O3/c1-11(2)21-14-8-4-7-13(15(14)18(19)20)17-9-5-6-12(10-17)16-3/h4,7-8,11-12,16H,5-6,9-10H2,1-3H3. The number of nitro groups is 1. The number of benzene rings is 1. The number of nitrogens with zero attached hydrogens (tertiary/aromatic N) is 2. The predicted octanol–water partition coefficient (Wildman–Crippen LogP) is 2.57. The summed E-state index contributed by atoms with van der Waals surface area (Å²) >= 11 is 0. The first kappa shape index (κ1) is 15.6. The Hall–Kier alpha value is -1.82. The Morgan fingerprint density at radius 2 is 2.24 bits per heavy atom. The van der Waals surface area contributed by atoms with E-state index in [2.05, 4.69) is 10.2 Å². The first-order valence-electron chi connectivity index (χ1n) is 7.39. The summed E-state index contributed by atoms with van der Waals surface area (Å²) < 4.78 is 5.61. The Labute approximate surface area is 125 Å². The van der Waals surface area contributed by atoms with Gasteiger partial charge in [-0.05, 0) is 45.9 Å². The summed E-state index contributed by atoms with van der Waals surface area (Å²) in [5, 5.41) is 14.8. The van der Waals surface area contributed by atoms with E-state index in [1.807, 2.05) is 33.0 Å². The predicted molar refractivity (Wildman–Crippen MR) is 83.2 cm³/mol. The van der Waals surface area contributed by atoms with Crippen LogP contribution in [0.2, 0.25) is 0 Å². The molecular formula is C15H23N3O3. The molecule has 1 atom stereocenters. The van der Waals surface area contributed by atoms with Gasteiger partial charge in [0.25, 0.3) is 0 Å². The number of rotatable bonds is 5. The molecule has 1 saturated heterocycles. The van der Waals surface area contributed by atoms with Gasteiger partial charge in [0.15, 0.2) is 5.75 Å². The summed E-state index contributed by atoms with van der Waals surface area (Å²) in [7, 11) is 1.93. The van der Waals surface area contributed by atoms with Crippen LogP contribution in [0.25, 0.3) is 0 Å². The zero-order chi connectivity index (χ0) is 15.4. The van der Waals surface area contributed by atoms with Gasteiger partial charge in [0, 0.05) is 19.1 Å². The first-order chi connectivity index (χ1) is 10.0. The van der Waals surface area contributed by atoms with Gasteiger partial charge in [-0.2, -0.15) is 0 Å². The third-order valence-electron chi connectivity index (χ3n) is 3.69. The van der Waals surface area contributed by atoms with Crippen LogP contribution < -0.4 is 15.0 Å². The van der Waals surface area contributed by atoms with Crippen LogP contribution in [0.4, 0.5) is 11.4 Å². The molecule has 1 unspecified atom stereocenters. The summed E-state index contributed by atoms with van der Waals surface area (Å²) in [6.45, 7) is 5.36. The molecular weight excluding hydrogens is 270 g/mol. The molecule has 1 N–H and O–H groups in total. The summed E-state index contributed by atoms with van der Waals surface area (Å²) in [6, 6.07) is 5.67. The van der Waals surface area contributed by atoms with Crippen LogP contribution in [0.3, 0.4) is 0 Å². The van der Waals surface area contributed by atoms with Gasteiger partial charge in [0.2, 0.25) is 0 Å². The van der Waals surface area contributed by atoms with E-state index in [0.29, 0.717) is 17.5 Å². The Morgan fingerprint density at radius 3 is 2.86 bits per heavy atom. The van der Waals surface area contributed by atoms with Crippen LogP contribution in [-0.2, 0) is 0 Å². The molecule has 0 amide bonds. The van der Waals surface area contributed by atoms with Crippen molar-refractivity contribution < 1.29 is 9.66 Å². The van der Waals surface area contributed by atoms with E-state index in [-0.39, 0.29) is 16.7 Å². The summed E-state index contributed by atoms with van der Waals surface area (Å²) in [4.78, 5) is 13.2. The van der Waals surface area contributed by atoms with E-state index >= 15 is 0 Å². The fraction of sp³-hybridized carbons (Fsp3) is 0.600. The van der Waals surface area contributed by atoms with Gasteiger partial charge in [0.05, 0.1) is 11.0 Å². The van der Waals surface area contributed by atoms with Crippen molar-refractivity contribution >= 4 is 11.4 Å². The highest BCUT2D eigenvalue weighted by molar-refractivity contribution is 5.70. The van der Waals surface area contributed by atoms with Crippen molar-refractivity contribution in [1.82, 2.24) is 5.32 Å². The van der Waals surface area contributed by atoms with E-state index in [0.717, 1.165) is 25.9 Å². The molecule has 0 spiro atoms. The van der Waals surface area contributed by atoms with E-state index in [1.54, 1.807) is 6.07 Å². The normalized spacial score (nSPS) is 18.9. The minimum Gasteiger partial charge on any atom is -0.484 e. The van der Waals surface area contributed by atoms with Crippen LogP contribution in [0.15, 0.2) is 18.2 Å². The van der Waals surface area contributed by atoms with Gasteiger partial charge in [-0.25, -0.2) is 0 Å². The lowest BCUT2D eigenvalue weighted by molar-refractivity contribution is -0.385. The van der Waals surface area contributed by atoms with Gasteiger partial charge in [-0.3, -0.25) is 10.1 Å². The monoisotopic (exact) mass is 293 g/mol. The molecule has 0 aromatic heterocycles. The Kier molecular flexibility index (Phi) is 5.01. The van der Waals surface area contributed by atoms with Crippen molar-refractivity contribution in [2.75, 3.05) is 25.0 Å². The smallest absolute Gasteiger partial charge is 0.333 e. The lowest BCUT2D eigenvalue weighted by Crippen LogP contribution is -2.44. The Morgan fingerprint density at radius 1 is 1.48 bits per heavy atom. The zero-order valence-electron chi connectivity index (χ0n) is 12.8. The fourth-order valence-electron chi connectivity index (χ4n) is 2.73. The van der Waals surface area contributed by atoms with Gasteiger partial charge in [-0.1, -0.05) is 6.07 Å². The SMILES string of the molecule is CNC1CCCN(c2cccc(OC(C)C)c2[N+](=O)[O-])C1. The van der Waals surface area contributed by atoms with Crippen LogP contribution >= 0.6 is 0 Å². The maximum atomic E-state index is 11.5. The number of nitro benzene ring substituents is 1. The van der Waals surface area contributed by atoms with Crippen LogP contribution in [0.5, 0.6) is 5.75 Å². The molecule has 0 bridgehead atoms. The molecule has 1 aromatic carbocycles. The van der Waals surface area contributed by atoms with Crippen LogP contribution in [0.1, 0.15) is 26.7 Å². The molecule has 116 valence electrons. The minimum absolute atomic E-state index is 0.0722. The van der Waals surface area contributed by atoms with Gasteiger partial charge >= 0.3 is 5.69 Å². The number of nitrogens with one attached hydrogen (secondary N) is 1. The second-order valence-corrected chi connectivity index (χ2v) is 5.62. The number of hydrogen-bond acceptors (Lipinski definition) is 5. The number of hydrogen-bond donors (Lipinski definition) is 1. The molecule has 1 aliphatic rings. The third-order valence-corrected chi connectivity index (χ3v) is 3.69. The molecule has 0 aliphatic carbocycles. The number of piperidine rings is 1. The highest BCUT2D eigenvalue weighted by Gasteiger charge is 2.28. The number of anilines is 1. The average molecular weight is 293 g/mol. The van der Waals surface area contributed by atoms with Crippen molar-refractivity contribution in [1.29, 1.82) is 0 Å². The van der Waals surface area contributed by atoms with Crippen LogP contribution in [0, 0.1) is 10.1 Å². The third kappa shape index (κ3) is 3.64. The molecule has 0 saturated carbocycles. The van der Waals surface area contributed by atoms with Gasteiger partial charge in [0.1, 0.15) is 5.69 Å². The van der Waals surface area contributed by atoms with E-state index < -0.39 is 0 Å². The largest absolute Gasteiger partial charge is 0.484 e. The summed E-state index contributed by atoms with van der Waals surface area (Å²) in [5.74, 6) is 0.346.